The van der Waals surface area contributed by atoms with Gasteiger partial charge < -0.3 is 9.84 Å². The number of aromatic hydroxyl groups is 1. The summed E-state index contributed by atoms with van der Waals surface area (Å²) in [6.07, 6.45) is 4.76. The summed E-state index contributed by atoms with van der Waals surface area (Å²) in [6.45, 7) is 2.71. The molecule has 21 heavy (non-hydrogen) atoms. The van der Waals surface area contributed by atoms with E-state index in [1.165, 1.54) is 24.0 Å². The van der Waals surface area contributed by atoms with Crippen LogP contribution in [0.5, 0.6) is 11.5 Å². The van der Waals surface area contributed by atoms with Gasteiger partial charge in [-0.1, -0.05) is 43.2 Å². The normalized spacial score (nSPS) is 16.8. The lowest BCUT2D eigenvalue weighted by molar-refractivity contribution is 0.328. The van der Waals surface area contributed by atoms with Crippen LogP contribution in [0.4, 0.5) is 0 Å². The van der Waals surface area contributed by atoms with E-state index >= 15 is 0 Å². The van der Waals surface area contributed by atoms with Crippen molar-refractivity contribution < 1.29 is 9.84 Å². The first-order valence-corrected chi connectivity index (χ1v) is 7.78. The van der Waals surface area contributed by atoms with Gasteiger partial charge in [-0.15, -0.1) is 0 Å². The second kappa shape index (κ2) is 5.80. The maximum atomic E-state index is 9.57. The van der Waals surface area contributed by atoms with E-state index in [2.05, 4.69) is 30.3 Å². The van der Waals surface area contributed by atoms with Crippen LogP contribution in [0.25, 0.3) is 0 Å². The molecule has 1 aliphatic carbocycles. The molecule has 0 aromatic heterocycles. The van der Waals surface area contributed by atoms with Crippen molar-refractivity contribution in [3.63, 3.8) is 0 Å². The molecule has 1 N–H and O–H groups in total. The van der Waals surface area contributed by atoms with Crippen molar-refractivity contribution >= 4 is 0 Å². The van der Waals surface area contributed by atoms with Gasteiger partial charge in [0.15, 0.2) is 0 Å². The zero-order valence-corrected chi connectivity index (χ0v) is 12.5. The Kier molecular flexibility index (Phi) is 3.87. The molecule has 0 unspecified atom stereocenters. The van der Waals surface area contributed by atoms with Gasteiger partial charge in [-0.25, -0.2) is 0 Å². The van der Waals surface area contributed by atoms with Gasteiger partial charge in [0.2, 0.25) is 0 Å². The van der Waals surface area contributed by atoms with Crippen LogP contribution in [0.3, 0.4) is 0 Å². The minimum absolute atomic E-state index is 0.0272. The third-order valence-corrected chi connectivity index (χ3v) is 4.58. The molecule has 0 radical (unpaired) electrons. The highest BCUT2D eigenvalue weighted by Crippen LogP contribution is 2.49. The lowest BCUT2D eigenvalue weighted by Crippen LogP contribution is -2.24. The summed E-state index contributed by atoms with van der Waals surface area (Å²) in [5, 5.41) is 9.57. The second-order valence-corrected chi connectivity index (χ2v) is 5.77. The minimum atomic E-state index is 0.0272. The zero-order chi connectivity index (χ0) is 14.7. The summed E-state index contributed by atoms with van der Waals surface area (Å²) in [4.78, 5) is 0. The highest BCUT2D eigenvalue weighted by atomic mass is 16.5. The van der Waals surface area contributed by atoms with Crippen LogP contribution in [-0.2, 0) is 5.41 Å². The molecule has 3 rings (SSSR count). The Morgan fingerprint density at radius 1 is 1.00 bits per heavy atom. The van der Waals surface area contributed by atoms with E-state index in [-0.39, 0.29) is 5.41 Å². The van der Waals surface area contributed by atoms with E-state index < -0.39 is 0 Å². The largest absolute Gasteiger partial charge is 0.508 e. The monoisotopic (exact) mass is 282 g/mol. The number of rotatable bonds is 4. The fourth-order valence-electron chi connectivity index (χ4n) is 3.62. The minimum Gasteiger partial charge on any atom is -0.508 e. The van der Waals surface area contributed by atoms with Gasteiger partial charge in [-0.3, -0.25) is 0 Å². The number of phenolic OH excluding ortho intramolecular Hbond substituents is 1. The average molecular weight is 282 g/mol. The molecular weight excluding hydrogens is 260 g/mol. The molecule has 0 aliphatic heterocycles. The van der Waals surface area contributed by atoms with Gasteiger partial charge in [-0.05, 0) is 43.5 Å². The molecule has 2 heteroatoms. The van der Waals surface area contributed by atoms with Gasteiger partial charge in [0.1, 0.15) is 11.5 Å². The molecule has 110 valence electrons. The Balaban J connectivity index is 2.11. The third kappa shape index (κ3) is 2.51. The van der Waals surface area contributed by atoms with Crippen molar-refractivity contribution in [2.24, 2.45) is 0 Å². The molecule has 0 heterocycles. The Bertz CT molecular complexity index is 595. The first kappa shape index (κ1) is 14.0. The van der Waals surface area contributed by atoms with Crippen molar-refractivity contribution in [2.75, 3.05) is 6.61 Å². The molecule has 0 amide bonds. The van der Waals surface area contributed by atoms with E-state index in [9.17, 15) is 5.11 Å². The summed E-state index contributed by atoms with van der Waals surface area (Å²) in [5.41, 5.74) is 2.60. The van der Waals surface area contributed by atoms with Crippen LogP contribution in [0.15, 0.2) is 48.5 Å². The van der Waals surface area contributed by atoms with Gasteiger partial charge in [0.25, 0.3) is 0 Å². The van der Waals surface area contributed by atoms with Crippen LogP contribution >= 0.6 is 0 Å². The van der Waals surface area contributed by atoms with Gasteiger partial charge in [0.05, 0.1) is 6.61 Å². The Hall–Kier alpha value is -1.96. The third-order valence-electron chi connectivity index (χ3n) is 4.58. The smallest absolute Gasteiger partial charge is 0.123 e. The van der Waals surface area contributed by atoms with Crippen molar-refractivity contribution in [1.82, 2.24) is 0 Å². The molecule has 1 aliphatic rings. The fourth-order valence-corrected chi connectivity index (χ4v) is 3.62. The second-order valence-electron chi connectivity index (χ2n) is 5.77. The van der Waals surface area contributed by atoms with E-state index in [1.54, 1.807) is 12.1 Å². The molecule has 0 spiro atoms. The number of ether oxygens (including phenoxy) is 1. The van der Waals surface area contributed by atoms with E-state index in [4.69, 9.17) is 4.74 Å². The standard InChI is InChI=1S/C19H22O2/c1-2-21-18-8-4-3-7-17(18)19(13-5-6-14-19)15-9-11-16(20)12-10-15/h3-4,7-12,20H,2,5-6,13-14H2,1H3. The van der Waals surface area contributed by atoms with Crippen LogP contribution < -0.4 is 4.74 Å². The van der Waals surface area contributed by atoms with Crippen LogP contribution in [-0.4, -0.2) is 11.7 Å². The Labute approximate surface area is 126 Å². The highest BCUT2D eigenvalue weighted by Gasteiger charge is 2.39. The van der Waals surface area contributed by atoms with Crippen molar-refractivity contribution in [3.8, 4) is 11.5 Å². The predicted molar refractivity (Wildman–Crippen MR) is 85.0 cm³/mol. The summed E-state index contributed by atoms with van der Waals surface area (Å²) in [6, 6.07) is 16.1. The van der Waals surface area contributed by atoms with Crippen molar-refractivity contribution in [2.45, 2.75) is 38.0 Å². The average Bonchev–Trinajstić information content (AvgIpc) is 2.99. The summed E-state index contributed by atoms with van der Waals surface area (Å²) >= 11 is 0. The predicted octanol–water partition coefficient (Wildman–Crippen LogP) is 4.65. The van der Waals surface area contributed by atoms with Gasteiger partial charge in [0, 0.05) is 11.0 Å². The van der Waals surface area contributed by atoms with E-state index in [1.807, 2.05) is 13.0 Å². The van der Waals surface area contributed by atoms with Gasteiger partial charge >= 0.3 is 0 Å². The number of hydrogen-bond donors (Lipinski definition) is 1. The van der Waals surface area contributed by atoms with Crippen molar-refractivity contribution in [1.29, 1.82) is 0 Å². The maximum absolute atomic E-state index is 9.57. The molecule has 0 saturated heterocycles. The summed E-state index contributed by atoms with van der Waals surface area (Å²) < 4.78 is 5.87. The lowest BCUT2D eigenvalue weighted by atomic mass is 9.73. The van der Waals surface area contributed by atoms with Crippen LogP contribution in [0, 0.1) is 0 Å². The zero-order valence-electron chi connectivity index (χ0n) is 12.5. The molecule has 2 aromatic carbocycles. The molecule has 2 aromatic rings. The van der Waals surface area contributed by atoms with Crippen LogP contribution in [0.1, 0.15) is 43.7 Å². The maximum Gasteiger partial charge on any atom is 0.123 e. The summed E-state index contributed by atoms with van der Waals surface area (Å²) in [5.74, 6) is 1.32. The Morgan fingerprint density at radius 2 is 1.67 bits per heavy atom. The molecular formula is C19H22O2. The van der Waals surface area contributed by atoms with E-state index in [0.717, 1.165) is 18.6 Å². The lowest BCUT2D eigenvalue weighted by Gasteiger charge is -2.32. The number of benzene rings is 2. The quantitative estimate of drug-likeness (QED) is 0.884. The molecule has 0 bridgehead atoms. The number of phenols is 1. The topological polar surface area (TPSA) is 29.5 Å². The van der Waals surface area contributed by atoms with Gasteiger partial charge in [-0.2, -0.15) is 0 Å². The fraction of sp³-hybridized carbons (Fsp3) is 0.368. The Morgan fingerprint density at radius 3 is 2.33 bits per heavy atom. The SMILES string of the molecule is CCOc1ccccc1C1(c2ccc(O)cc2)CCCC1. The number of para-hydroxylation sites is 1. The molecule has 1 fully saturated rings. The number of hydrogen-bond acceptors (Lipinski definition) is 2. The van der Waals surface area contributed by atoms with Crippen LogP contribution in [0.2, 0.25) is 0 Å². The highest BCUT2D eigenvalue weighted by molar-refractivity contribution is 5.48. The molecule has 0 atom stereocenters. The van der Waals surface area contributed by atoms with E-state index in [0.29, 0.717) is 12.4 Å². The molecule has 2 nitrogen and oxygen atoms in total. The van der Waals surface area contributed by atoms with Crippen molar-refractivity contribution in [3.05, 3.63) is 59.7 Å². The first-order valence-electron chi connectivity index (χ1n) is 7.78. The first-order chi connectivity index (χ1) is 10.3. The summed E-state index contributed by atoms with van der Waals surface area (Å²) in [7, 11) is 0. The molecule has 1 saturated carbocycles.